The Kier molecular flexibility index (Phi) is 5.98. The Hall–Kier alpha value is -2.31. The third-order valence-corrected chi connectivity index (χ3v) is 6.54. The van der Waals surface area contributed by atoms with Gasteiger partial charge in [0.25, 0.3) is 0 Å². The second-order valence-corrected chi connectivity index (χ2v) is 8.57. The lowest BCUT2D eigenvalue weighted by Gasteiger charge is -2.23. The normalized spacial score (nSPS) is 19.1. The van der Waals surface area contributed by atoms with E-state index in [1.165, 1.54) is 30.2 Å². The molecule has 1 saturated heterocycles. The highest BCUT2D eigenvalue weighted by molar-refractivity contribution is 8.01. The molecule has 6 heteroatoms. The molecule has 0 saturated carbocycles. The van der Waals surface area contributed by atoms with Crippen molar-refractivity contribution in [3.05, 3.63) is 59.7 Å². The number of amides is 2. The second-order valence-electron chi connectivity index (χ2n) is 7.32. The molecule has 2 aromatic rings. The van der Waals surface area contributed by atoms with E-state index in [0.29, 0.717) is 6.54 Å². The number of hydrogen-bond donors (Lipinski definition) is 2. The Morgan fingerprint density at radius 2 is 1.79 bits per heavy atom. The molecule has 2 heterocycles. The molecule has 1 fully saturated rings. The molecule has 2 aliphatic heterocycles. The number of benzene rings is 2. The van der Waals surface area contributed by atoms with Crippen molar-refractivity contribution in [3.8, 4) is 0 Å². The van der Waals surface area contributed by atoms with Crippen molar-refractivity contribution in [1.82, 2.24) is 10.2 Å². The summed E-state index contributed by atoms with van der Waals surface area (Å²) in [5, 5.41) is 5.50. The fourth-order valence-electron chi connectivity index (χ4n) is 3.73. The van der Waals surface area contributed by atoms with Crippen LogP contribution in [0.25, 0.3) is 0 Å². The van der Waals surface area contributed by atoms with Gasteiger partial charge in [0.1, 0.15) is 0 Å². The number of nitrogens with zero attached hydrogens (tertiary/aromatic N) is 1. The van der Waals surface area contributed by atoms with Gasteiger partial charge < -0.3 is 10.6 Å². The van der Waals surface area contributed by atoms with E-state index in [1.54, 1.807) is 0 Å². The van der Waals surface area contributed by atoms with E-state index < -0.39 is 5.25 Å². The maximum absolute atomic E-state index is 12.5. The summed E-state index contributed by atoms with van der Waals surface area (Å²) in [6, 6.07) is 16.0. The standard InChI is InChI=1S/C22H25N3O2S/c26-21(13-20-22(27)24-18-9-3-4-10-19(18)28-20)23-14-16-7-1-2-8-17(16)15-25-11-5-6-12-25/h1-4,7-10,20H,5-6,11-15H2,(H,23,26)(H,24,27)/t20-/m1/s1. The first-order chi connectivity index (χ1) is 13.7. The van der Waals surface area contributed by atoms with Gasteiger partial charge in [-0.05, 0) is 49.2 Å². The summed E-state index contributed by atoms with van der Waals surface area (Å²) >= 11 is 1.46. The predicted octanol–water partition coefficient (Wildman–Crippen LogP) is 3.40. The van der Waals surface area contributed by atoms with E-state index in [1.807, 2.05) is 30.3 Å². The van der Waals surface area contributed by atoms with E-state index in [-0.39, 0.29) is 18.2 Å². The minimum absolute atomic E-state index is 0.0944. The van der Waals surface area contributed by atoms with Crippen molar-refractivity contribution >= 4 is 29.3 Å². The van der Waals surface area contributed by atoms with Crippen LogP contribution in [-0.4, -0.2) is 35.1 Å². The molecular formula is C22H25N3O2S. The zero-order valence-corrected chi connectivity index (χ0v) is 16.6. The van der Waals surface area contributed by atoms with Gasteiger partial charge in [0.15, 0.2) is 0 Å². The number of carbonyl (C=O) groups is 2. The van der Waals surface area contributed by atoms with Crippen molar-refractivity contribution in [2.45, 2.75) is 42.5 Å². The molecule has 2 N–H and O–H groups in total. The molecular weight excluding hydrogens is 370 g/mol. The predicted molar refractivity (Wildman–Crippen MR) is 112 cm³/mol. The second kappa shape index (κ2) is 8.80. The van der Waals surface area contributed by atoms with Gasteiger partial charge in [-0.15, -0.1) is 11.8 Å². The molecule has 0 radical (unpaired) electrons. The van der Waals surface area contributed by atoms with Crippen LogP contribution in [0.5, 0.6) is 0 Å². The number of para-hydroxylation sites is 1. The van der Waals surface area contributed by atoms with Crippen molar-refractivity contribution in [3.63, 3.8) is 0 Å². The van der Waals surface area contributed by atoms with E-state index in [4.69, 9.17) is 0 Å². The lowest BCUT2D eigenvalue weighted by atomic mass is 10.1. The summed E-state index contributed by atoms with van der Waals surface area (Å²) in [5.41, 5.74) is 3.24. The molecule has 146 valence electrons. The number of hydrogen-bond acceptors (Lipinski definition) is 4. The average Bonchev–Trinajstić information content (AvgIpc) is 3.21. The molecule has 1 atom stereocenters. The molecule has 0 bridgehead atoms. The van der Waals surface area contributed by atoms with Crippen LogP contribution in [0.1, 0.15) is 30.4 Å². The zero-order valence-electron chi connectivity index (χ0n) is 15.8. The Balaban J connectivity index is 1.33. The molecule has 0 aromatic heterocycles. The lowest BCUT2D eigenvalue weighted by molar-refractivity contribution is -0.124. The molecule has 2 aromatic carbocycles. The molecule has 28 heavy (non-hydrogen) atoms. The number of fused-ring (bicyclic) bond motifs is 1. The third-order valence-electron chi connectivity index (χ3n) is 5.26. The first-order valence-corrected chi connectivity index (χ1v) is 10.7. The van der Waals surface area contributed by atoms with Crippen molar-refractivity contribution < 1.29 is 9.59 Å². The number of likely N-dealkylation sites (tertiary alicyclic amines) is 1. The van der Waals surface area contributed by atoms with Gasteiger partial charge >= 0.3 is 0 Å². The molecule has 4 rings (SSSR count). The minimum atomic E-state index is -0.394. The smallest absolute Gasteiger partial charge is 0.238 e. The van der Waals surface area contributed by atoms with Gasteiger partial charge in [0, 0.05) is 24.4 Å². The van der Waals surface area contributed by atoms with Gasteiger partial charge in [-0.2, -0.15) is 0 Å². The molecule has 2 amide bonds. The fraction of sp³-hybridized carbons (Fsp3) is 0.364. The molecule has 0 aliphatic carbocycles. The van der Waals surface area contributed by atoms with E-state index in [0.717, 1.165) is 35.8 Å². The van der Waals surface area contributed by atoms with E-state index in [9.17, 15) is 9.59 Å². The van der Waals surface area contributed by atoms with Gasteiger partial charge in [0.2, 0.25) is 11.8 Å². The first kappa shape index (κ1) is 19.0. The summed E-state index contributed by atoms with van der Waals surface area (Å²) in [6.45, 7) is 3.73. The van der Waals surface area contributed by atoms with Crippen LogP contribution in [-0.2, 0) is 22.7 Å². The SMILES string of the molecule is O=C(C[C@H]1Sc2ccccc2NC1=O)NCc1ccccc1CN1CCCC1. The lowest BCUT2D eigenvalue weighted by Crippen LogP contribution is -2.34. The largest absolute Gasteiger partial charge is 0.352 e. The number of anilines is 1. The topological polar surface area (TPSA) is 61.4 Å². The van der Waals surface area contributed by atoms with Crippen LogP contribution < -0.4 is 10.6 Å². The van der Waals surface area contributed by atoms with Crippen LogP contribution in [0.15, 0.2) is 53.4 Å². The van der Waals surface area contributed by atoms with Crippen molar-refractivity contribution in [2.24, 2.45) is 0 Å². The quantitative estimate of drug-likeness (QED) is 0.787. The minimum Gasteiger partial charge on any atom is -0.352 e. The van der Waals surface area contributed by atoms with Crippen LogP contribution in [0.3, 0.4) is 0 Å². The third kappa shape index (κ3) is 4.56. The number of rotatable bonds is 6. The van der Waals surface area contributed by atoms with Gasteiger partial charge in [-0.3, -0.25) is 14.5 Å². The van der Waals surface area contributed by atoms with Gasteiger partial charge in [-0.1, -0.05) is 36.4 Å². The van der Waals surface area contributed by atoms with Crippen LogP contribution in [0.2, 0.25) is 0 Å². The van der Waals surface area contributed by atoms with Gasteiger partial charge in [0.05, 0.1) is 10.9 Å². The highest BCUT2D eigenvalue weighted by Gasteiger charge is 2.28. The number of thioether (sulfide) groups is 1. The van der Waals surface area contributed by atoms with Crippen LogP contribution in [0.4, 0.5) is 5.69 Å². The number of nitrogens with one attached hydrogen (secondary N) is 2. The summed E-state index contributed by atoms with van der Waals surface area (Å²) in [7, 11) is 0. The Labute approximate surface area is 169 Å². The summed E-state index contributed by atoms with van der Waals surface area (Å²) in [5.74, 6) is -0.198. The Morgan fingerprint density at radius 3 is 2.61 bits per heavy atom. The monoisotopic (exact) mass is 395 g/mol. The number of carbonyl (C=O) groups excluding carboxylic acids is 2. The molecule has 5 nitrogen and oxygen atoms in total. The molecule has 0 unspecified atom stereocenters. The Morgan fingerprint density at radius 1 is 1.07 bits per heavy atom. The summed E-state index contributed by atoms with van der Waals surface area (Å²) < 4.78 is 0. The van der Waals surface area contributed by atoms with Crippen LogP contribution >= 0.6 is 11.8 Å². The highest BCUT2D eigenvalue weighted by Crippen LogP contribution is 2.36. The van der Waals surface area contributed by atoms with Gasteiger partial charge in [-0.25, -0.2) is 0 Å². The summed E-state index contributed by atoms with van der Waals surface area (Å²) in [4.78, 5) is 28.2. The molecule has 0 spiro atoms. The zero-order chi connectivity index (χ0) is 19.3. The average molecular weight is 396 g/mol. The van der Waals surface area contributed by atoms with E-state index >= 15 is 0 Å². The highest BCUT2D eigenvalue weighted by atomic mass is 32.2. The molecule has 2 aliphatic rings. The van der Waals surface area contributed by atoms with Crippen LogP contribution in [0, 0.1) is 0 Å². The maximum atomic E-state index is 12.5. The fourth-order valence-corrected chi connectivity index (χ4v) is 4.84. The first-order valence-electron chi connectivity index (χ1n) is 9.81. The maximum Gasteiger partial charge on any atom is 0.238 e. The van der Waals surface area contributed by atoms with Crippen molar-refractivity contribution in [1.29, 1.82) is 0 Å². The van der Waals surface area contributed by atoms with Crippen molar-refractivity contribution in [2.75, 3.05) is 18.4 Å². The Bertz CT molecular complexity index is 864. The summed E-state index contributed by atoms with van der Waals surface area (Å²) in [6.07, 6.45) is 2.71. The van der Waals surface area contributed by atoms with E-state index in [2.05, 4.69) is 33.7 Å².